The van der Waals surface area contributed by atoms with Gasteiger partial charge in [0, 0.05) is 16.9 Å². The number of nitrogens with zero attached hydrogens (tertiary/aromatic N) is 1. The average Bonchev–Trinajstić information content (AvgIpc) is 3.01. The van der Waals surface area contributed by atoms with Crippen LogP contribution in [0.4, 0.5) is 5.69 Å². The Labute approximate surface area is 171 Å². The molecule has 0 saturated heterocycles. The fourth-order valence-electron chi connectivity index (χ4n) is 2.43. The summed E-state index contributed by atoms with van der Waals surface area (Å²) in [6, 6.07) is 11.5. The molecule has 0 spiro atoms. The first-order chi connectivity index (χ1) is 13.3. The molecule has 0 aliphatic heterocycles. The van der Waals surface area contributed by atoms with Gasteiger partial charge in [0.25, 0.3) is 5.91 Å². The lowest BCUT2D eigenvalue weighted by molar-refractivity contribution is -0.119. The van der Waals surface area contributed by atoms with Crippen molar-refractivity contribution < 1.29 is 14.3 Å². The third kappa shape index (κ3) is 4.71. The topological polar surface area (TPSA) is 84.1 Å². The zero-order chi connectivity index (χ0) is 20.3. The molecule has 3 rings (SSSR count). The van der Waals surface area contributed by atoms with Gasteiger partial charge in [-0.2, -0.15) is 0 Å². The molecule has 8 heteroatoms. The molecular formula is C20H17Cl2N3O3. The second kappa shape index (κ2) is 8.46. The number of esters is 1. The van der Waals surface area contributed by atoms with Gasteiger partial charge >= 0.3 is 5.97 Å². The van der Waals surface area contributed by atoms with Gasteiger partial charge in [-0.1, -0.05) is 35.3 Å². The van der Waals surface area contributed by atoms with E-state index in [0.717, 1.165) is 22.8 Å². The second-order valence-electron chi connectivity index (χ2n) is 6.13. The van der Waals surface area contributed by atoms with Crippen molar-refractivity contribution in [3.8, 4) is 11.4 Å². The maximum atomic E-state index is 12.1. The van der Waals surface area contributed by atoms with Crippen LogP contribution < -0.4 is 5.32 Å². The summed E-state index contributed by atoms with van der Waals surface area (Å²) in [6.07, 6.45) is 0. The van der Waals surface area contributed by atoms with Crippen molar-refractivity contribution in [2.45, 2.75) is 13.8 Å². The molecule has 1 amide bonds. The molecular weight excluding hydrogens is 401 g/mol. The number of H-pyrrole nitrogens is 1. The number of amides is 1. The SMILES string of the molecule is Cc1nc(-c2ccc(C(=O)OCC(=O)Nc3ccc(Cl)c(Cl)c3)cc2)[nH]c1C. The molecule has 28 heavy (non-hydrogen) atoms. The number of halogens is 2. The molecule has 2 N–H and O–H groups in total. The number of carbonyl (C=O) groups is 2. The lowest BCUT2D eigenvalue weighted by Crippen LogP contribution is -2.20. The van der Waals surface area contributed by atoms with Gasteiger partial charge in [-0.15, -0.1) is 0 Å². The zero-order valence-electron chi connectivity index (χ0n) is 15.2. The van der Waals surface area contributed by atoms with Gasteiger partial charge in [-0.25, -0.2) is 9.78 Å². The van der Waals surface area contributed by atoms with Crippen LogP contribution in [-0.4, -0.2) is 28.5 Å². The summed E-state index contributed by atoms with van der Waals surface area (Å²) >= 11 is 11.7. The van der Waals surface area contributed by atoms with Crippen LogP contribution in [0, 0.1) is 13.8 Å². The number of rotatable bonds is 5. The summed E-state index contributed by atoms with van der Waals surface area (Å²) in [5.74, 6) is -0.344. The third-order valence-electron chi connectivity index (χ3n) is 4.06. The molecule has 1 aromatic heterocycles. The molecule has 144 valence electrons. The number of aromatic nitrogens is 2. The minimum absolute atomic E-state index is 0.318. The maximum Gasteiger partial charge on any atom is 0.338 e. The lowest BCUT2D eigenvalue weighted by atomic mass is 10.1. The number of nitrogens with one attached hydrogen (secondary N) is 2. The molecule has 0 bridgehead atoms. The van der Waals surface area contributed by atoms with Gasteiger partial charge in [0.15, 0.2) is 6.61 Å². The van der Waals surface area contributed by atoms with Crippen molar-refractivity contribution in [3.05, 3.63) is 69.5 Å². The Balaban J connectivity index is 1.57. The summed E-state index contributed by atoms with van der Waals surface area (Å²) in [7, 11) is 0. The van der Waals surface area contributed by atoms with Crippen LogP contribution in [0.1, 0.15) is 21.7 Å². The predicted octanol–water partition coefficient (Wildman–Crippen LogP) is 4.80. The summed E-state index contributed by atoms with van der Waals surface area (Å²) in [4.78, 5) is 31.7. The fourth-order valence-corrected chi connectivity index (χ4v) is 2.73. The quantitative estimate of drug-likeness (QED) is 0.584. The van der Waals surface area contributed by atoms with E-state index in [1.807, 2.05) is 13.8 Å². The smallest absolute Gasteiger partial charge is 0.338 e. The number of imidazole rings is 1. The molecule has 2 aromatic carbocycles. The van der Waals surface area contributed by atoms with E-state index in [4.69, 9.17) is 27.9 Å². The van der Waals surface area contributed by atoms with Crippen LogP contribution >= 0.6 is 23.2 Å². The Morgan fingerprint density at radius 3 is 2.39 bits per heavy atom. The minimum Gasteiger partial charge on any atom is -0.452 e. The summed E-state index contributed by atoms with van der Waals surface area (Å²) in [5.41, 5.74) is 3.57. The Kier molecular flexibility index (Phi) is 6.02. The first-order valence-electron chi connectivity index (χ1n) is 8.39. The highest BCUT2D eigenvalue weighted by Gasteiger charge is 2.12. The summed E-state index contributed by atoms with van der Waals surface area (Å²) < 4.78 is 5.05. The number of aromatic amines is 1. The van der Waals surface area contributed by atoms with E-state index in [9.17, 15) is 9.59 Å². The van der Waals surface area contributed by atoms with Crippen LogP contribution in [0.25, 0.3) is 11.4 Å². The Hall–Kier alpha value is -2.83. The molecule has 0 aliphatic rings. The monoisotopic (exact) mass is 417 g/mol. The van der Waals surface area contributed by atoms with Crippen LogP contribution in [-0.2, 0) is 9.53 Å². The highest BCUT2D eigenvalue weighted by atomic mass is 35.5. The molecule has 0 saturated carbocycles. The minimum atomic E-state index is -0.595. The first-order valence-corrected chi connectivity index (χ1v) is 9.15. The normalized spacial score (nSPS) is 10.6. The fraction of sp³-hybridized carbons (Fsp3) is 0.150. The molecule has 0 unspecified atom stereocenters. The number of hydrogen-bond acceptors (Lipinski definition) is 4. The summed E-state index contributed by atoms with van der Waals surface area (Å²) in [5, 5.41) is 3.29. The molecule has 6 nitrogen and oxygen atoms in total. The number of hydrogen-bond donors (Lipinski definition) is 2. The van der Waals surface area contributed by atoms with Crippen molar-refractivity contribution in [1.29, 1.82) is 0 Å². The van der Waals surface area contributed by atoms with E-state index in [-0.39, 0.29) is 0 Å². The van der Waals surface area contributed by atoms with Gasteiger partial charge in [-0.05, 0) is 44.2 Å². The molecule has 0 atom stereocenters. The highest BCUT2D eigenvalue weighted by molar-refractivity contribution is 6.42. The highest BCUT2D eigenvalue weighted by Crippen LogP contribution is 2.25. The van der Waals surface area contributed by atoms with E-state index >= 15 is 0 Å². The van der Waals surface area contributed by atoms with Crippen molar-refractivity contribution in [3.63, 3.8) is 0 Å². The lowest BCUT2D eigenvalue weighted by Gasteiger charge is -2.08. The molecule has 3 aromatic rings. The molecule has 0 fully saturated rings. The third-order valence-corrected chi connectivity index (χ3v) is 4.80. The standard InChI is InChI=1S/C20H17Cl2N3O3/c1-11-12(2)24-19(23-11)13-3-5-14(6-4-13)20(27)28-10-18(26)25-15-7-8-16(21)17(22)9-15/h3-9H,10H2,1-2H3,(H,23,24)(H,25,26). The van der Waals surface area contributed by atoms with Crippen LogP contribution in [0.3, 0.4) is 0 Å². The summed E-state index contributed by atoms with van der Waals surface area (Å²) in [6.45, 7) is 3.45. The van der Waals surface area contributed by atoms with Gasteiger partial charge in [0.1, 0.15) is 5.82 Å². The predicted molar refractivity (Wildman–Crippen MR) is 109 cm³/mol. The Morgan fingerprint density at radius 1 is 1.07 bits per heavy atom. The van der Waals surface area contributed by atoms with Gasteiger partial charge in [-0.3, -0.25) is 4.79 Å². The molecule has 0 aliphatic carbocycles. The van der Waals surface area contributed by atoms with Crippen molar-refractivity contribution in [2.75, 3.05) is 11.9 Å². The molecule has 0 radical (unpaired) electrons. The van der Waals surface area contributed by atoms with E-state index in [0.29, 0.717) is 21.3 Å². The Morgan fingerprint density at radius 2 is 1.79 bits per heavy atom. The first kappa shape index (κ1) is 19.9. The number of anilines is 1. The van der Waals surface area contributed by atoms with E-state index < -0.39 is 18.5 Å². The van der Waals surface area contributed by atoms with Gasteiger partial charge < -0.3 is 15.0 Å². The average molecular weight is 418 g/mol. The van der Waals surface area contributed by atoms with Gasteiger partial charge in [0.05, 0.1) is 21.3 Å². The number of aryl methyl sites for hydroxylation is 2. The number of benzene rings is 2. The van der Waals surface area contributed by atoms with Crippen molar-refractivity contribution in [1.82, 2.24) is 9.97 Å². The molecule has 1 heterocycles. The van der Waals surface area contributed by atoms with Crippen molar-refractivity contribution >= 4 is 40.8 Å². The second-order valence-corrected chi connectivity index (χ2v) is 6.94. The van der Waals surface area contributed by atoms with E-state index in [1.54, 1.807) is 36.4 Å². The zero-order valence-corrected chi connectivity index (χ0v) is 16.7. The van der Waals surface area contributed by atoms with Crippen LogP contribution in [0.15, 0.2) is 42.5 Å². The largest absolute Gasteiger partial charge is 0.452 e. The maximum absolute atomic E-state index is 12.1. The number of ether oxygens (including phenoxy) is 1. The Bertz CT molecular complexity index is 1010. The van der Waals surface area contributed by atoms with E-state index in [2.05, 4.69) is 15.3 Å². The van der Waals surface area contributed by atoms with Crippen LogP contribution in [0.5, 0.6) is 0 Å². The van der Waals surface area contributed by atoms with E-state index in [1.165, 1.54) is 6.07 Å². The van der Waals surface area contributed by atoms with Crippen molar-refractivity contribution in [2.24, 2.45) is 0 Å². The number of carbonyl (C=O) groups excluding carboxylic acids is 2. The van der Waals surface area contributed by atoms with Crippen LogP contribution in [0.2, 0.25) is 10.0 Å². The van der Waals surface area contributed by atoms with Gasteiger partial charge in [0.2, 0.25) is 0 Å².